The van der Waals surface area contributed by atoms with Crippen molar-refractivity contribution in [1.29, 1.82) is 0 Å². The summed E-state index contributed by atoms with van der Waals surface area (Å²) >= 11 is 6.12. The molecule has 1 fully saturated rings. The minimum Gasteiger partial charge on any atom is -0.394 e. The van der Waals surface area contributed by atoms with Crippen LogP contribution in [0, 0.1) is 0 Å². The van der Waals surface area contributed by atoms with Gasteiger partial charge in [-0.3, -0.25) is 4.79 Å². The van der Waals surface area contributed by atoms with Crippen LogP contribution < -0.4 is 0 Å². The molecule has 0 aliphatic carbocycles. The van der Waals surface area contributed by atoms with Gasteiger partial charge in [0.2, 0.25) is 0 Å². The minimum atomic E-state index is -0.253. The van der Waals surface area contributed by atoms with Crippen LogP contribution >= 0.6 is 11.6 Å². The Labute approximate surface area is 127 Å². The van der Waals surface area contributed by atoms with Gasteiger partial charge in [-0.15, -0.1) is 0 Å². The number of benzene rings is 1. The van der Waals surface area contributed by atoms with Crippen molar-refractivity contribution in [3.63, 3.8) is 0 Å². The zero-order chi connectivity index (χ0) is 14.8. The summed E-state index contributed by atoms with van der Waals surface area (Å²) < 4.78 is 0. The van der Waals surface area contributed by atoms with Crippen molar-refractivity contribution in [1.82, 2.24) is 14.9 Å². The van der Waals surface area contributed by atoms with Crippen molar-refractivity contribution in [3.05, 3.63) is 35.1 Å². The lowest BCUT2D eigenvalue weighted by molar-refractivity contribution is 0.0497. The van der Waals surface area contributed by atoms with Crippen LogP contribution in [0.3, 0.4) is 0 Å². The SMILES string of the molecule is O=C(c1nc2ccccc2nc1Cl)N1CCCCC1CO. The number of hydrogen-bond acceptors (Lipinski definition) is 4. The highest BCUT2D eigenvalue weighted by Gasteiger charge is 2.29. The van der Waals surface area contributed by atoms with Crippen molar-refractivity contribution >= 4 is 28.5 Å². The molecule has 1 aromatic carbocycles. The fraction of sp³-hybridized carbons (Fsp3) is 0.400. The van der Waals surface area contributed by atoms with Crippen LogP contribution in [0.5, 0.6) is 0 Å². The van der Waals surface area contributed by atoms with Gasteiger partial charge in [-0.25, -0.2) is 9.97 Å². The maximum Gasteiger partial charge on any atom is 0.276 e. The second-order valence-corrected chi connectivity index (χ2v) is 5.54. The molecule has 6 heteroatoms. The summed E-state index contributed by atoms with van der Waals surface area (Å²) in [4.78, 5) is 22.9. The van der Waals surface area contributed by atoms with Gasteiger partial charge in [0.1, 0.15) is 0 Å². The summed E-state index contributed by atoms with van der Waals surface area (Å²) in [6.07, 6.45) is 2.76. The monoisotopic (exact) mass is 305 g/mol. The molecule has 1 aromatic heterocycles. The lowest BCUT2D eigenvalue weighted by Crippen LogP contribution is -2.46. The Kier molecular flexibility index (Phi) is 4.03. The van der Waals surface area contributed by atoms with Crippen molar-refractivity contribution in [2.24, 2.45) is 0 Å². The Bertz CT molecular complexity index is 677. The third-order valence-corrected chi connectivity index (χ3v) is 4.09. The maximum absolute atomic E-state index is 12.7. The van der Waals surface area contributed by atoms with Crippen LogP contribution in [-0.4, -0.2) is 45.1 Å². The highest BCUT2D eigenvalue weighted by Crippen LogP contribution is 2.23. The molecule has 1 atom stereocenters. The van der Waals surface area contributed by atoms with Gasteiger partial charge in [0, 0.05) is 6.54 Å². The molecule has 1 unspecified atom stereocenters. The topological polar surface area (TPSA) is 66.3 Å². The number of piperidine rings is 1. The van der Waals surface area contributed by atoms with E-state index in [1.54, 1.807) is 17.0 Å². The second-order valence-electron chi connectivity index (χ2n) is 5.18. The molecule has 1 aliphatic rings. The molecule has 5 nitrogen and oxygen atoms in total. The fourth-order valence-electron chi connectivity index (χ4n) is 2.71. The number of rotatable bonds is 2. The highest BCUT2D eigenvalue weighted by atomic mass is 35.5. The standard InChI is InChI=1S/C15H16ClN3O2/c16-14-13(17-11-6-1-2-7-12(11)18-14)15(21)19-8-4-3-5-10(19)9-20/h1-2,6-7,10,20H,3-5,8-9H2. The summed E-state index contributed by atoms with van der Waals surface area (Å²) in [6, 6.07) is 7.14. The lowest BCUT2D eigenvalue weighted by atomic mass is 10.0. The summed E-state index contributed by atoms with van der Waals surface area (Å²) in [5.74, 6) is -0.253. The Balaban J connectivity index is 1.98. The first-order valence-corrected chi connectivity index (χ1v) is 7.42. The van der Waals surface area contributed by atoms with Crippen molar-refractivity contribution in [2.75, 3.05) is 13.2 Å². The molecule has 0 spiro atoms. The van der Waals surface area contributed by atoms with Crippen LogP contribution in [0.2, 0.25) is 5.15 Å². The summed E-state index contributed by atoms with van der Waals surface area (Å²) in [5.41, 5.74) is 1.47. The van der Waals surface area contributed by atoms with E-state index in [2.05, 4.69) is 9.97 Å². The Morgan fingerprint density at radius 3 is 2.71 bits per heavy atom. The average Bonchev–Trinajstić information content (AvgIpc) is 2.53. The molecule has 0 saturated carbocycles. The molecule has 1 N–H and O–H groups in total. The van der Waals surface area contributed by atoms with Gasteiger partial charge in [0.05, 0.1) is 23.7 Å². The number of carbonyl (C=O) groups excluding carboxylic acids is 1. The summed E-state index contributed by atoms with van der Waals surface area (Å²) in [7, 11) is 0. The van der Waals surface area contributed by atoms with E-state index in [-0.39, 0.29) is 29.4 Å². The molecule has 110 valence electrons. The third-order valence-electron chi connectivity index (χ3n) is 3.83. The third kappa shape index (κ3) is 2.71. The Morgan fingerprint density at radius 1 is 1.29 bits per heavy atom. The highest BCUT2D eigenvalue weighted by molar-refractivity contribution is 6.32. The zero-order valence-electron chi connectivity index (χ0n) is 11.5. The number of fused-ring (bicyclic) bond motifs is 1. The molecule has 21 heavy (non-hydrogen) atoms. The fourth-order valence-corrected chi connectivity index (χ4v) is 2.92. The van der Waals surface area contributed by atoms with Gasteiger partial charge in [-0.05, 0) is 31.4 Å². The normalized spacial score (nSPS) is 19.0. The van der Waals surface area contributed by atoms with Crippen LogP contribution in [0.4, 0.5) is 0 Å². The van der Waals surface area contributed by atoms with Gasteiger partial charge in [0.25, 0.3) is 5.91 Å². The minimum absolute atomic E-state index is 0.0373. The zero-order valence-corrected chi connectivity index (χ0v) is 12.3. The molecule has 1 amide bonds. The summed E-state index contributed by atoms with van der Waals surface area (Å²) in [6.45, 7) is 0.583. The van der Waals surface area contributed by atoms with E-state index in [0.717, 1.165) is 19.3 Å². The quantitative estimate of drug-likeness (QED) is 0.924. The lowest BCUT2D eigenvalue weighted by Gasteiger charge is -2.34. The van der Waals surface area contributed by atoms with E-state index < -0.39 is 0 Å². The number of carbonyl (C=O) groups is 1. The van der Waals surface area contributed by atoms with Crippen molar-refractivity contribution < 1.29 is 9.90 Å². The van der Waals surface area contributed by atoms with Gasteiger partial charge in [-0.2, -0.15) is 0 Å². The molecule has 0 radical (unpaired) electrons. The van der Waals surface area contributed by atoms with E-state index >= 15 is 0 Å². The van der Waals surface area contributed by atoms with Crippen LogP contribution in [0.1, 0.15) is 29.8 Å². The molecule has 1 aliphatic heterocycles. The number of aliphatic hydroxyl groups is 1. The molecule has 3 rings (SSSR count). The van der Waals surface area contributed by atoms with E-state index in [1.165, 1.54) is 0 Å². The number of amides is 1. The molecule has 1 saturated heterocycles. The van der Waals surface area contributed by atoms with Crippen LogP contribution in [0.15, 0.2) is 24.3 Å². The number of likely N-dealkylation sites (tertiary alicyclic amines) is 1. The van der Waals surface area contributed by atoms with Crippen LogP contribution in [-0.2, 0) is 0 Å². The van der Waals surface area contributed by atoms with Crippen molar-refractivity contribution in [3.8, 4) is 0 Å². The van der Waals surface area contributed by atoms with Gasteiger partial charge in [0.15, 0.2) is 10.8 Å². The largest absolute Gasteiger partial charge is 0.394 e. The number of aliphatic hydroxyl groups excluding tert-OH is 1. The molecular formula is C15H16ClN3O2. The number of nitrogens with zero attached hydrogens (tertiary/aromatic N) is 3. The molecule has 2 heterocycles. The number of para-hydroxylation sites is 2. The first-order valence-electron chi connectivity index (χ1n) is 7.05. The van der Waals surface area contributed by atoms with E-state index in [4.69, 9.17) is 11.6 Å². The predicted molar refractivity (Wildman–Crippen MR) is 80.3 cm³/mol. The van der Waals surface area contributed by atoms with Crippen LogP contribution in [0.25, 0.3) is 11.0 Å². The van der Waals surface area contributed by atoms with E-state index in [1.807, 2.05) is 12.1 Å². The Morgan fingerprint density at radius 2 is 2.00 bits per heavy atom. The van der Waals surface area contributed by atoms with Gasteiger partial charge < -0.3 is 10.0 Å². The average molecular weight is 306 g/mol. The Hall–Kier alpha value is -1.72. The molecule has 2 aromatic rings. The van der Waals surface area contributed by atoms with Crippen molar-refractivity contribution in [2.45, 2.75) is 25.3 Å². The van der Waals surface area contributed by atoms with E-state index in [0.29, 0.717) is 17.6 Å². The predicted octanol–water partition coefficient (Wildman–Crippen LogP) is 2.27. The molecule has 0 bridgehead atoms. The van der Waals surface area contributed by atoms with Gasteiger partial charge in [-0.1, -0.05) is 23.7 Å². The first-order chi connectivity index (χ1) is 10.2. The number of halogens is 1. The maximum atomic E-state index is 12.7. The smallest absolute Gasteiger partial charge is 0.276 e. The second kappa shape index (κ2) is 5.95. The number of aromatic nitrogens is 2. The van der Waals surface area contributed by atoms with Gasteiger partial charge >= 0.3 is 0 Å². The molecular weight excluding hydrogens is 290 g/mol. The summed E-state index contributed by atoms with van der Waals surface area (Å²) in [5, 5.41) is 9.55. The number of hydrogen-bond donors (Lipinski definition) is 1. The first kappa shape index (κ1) is 14.2. The van der Waals surface area contributed by atoms with E-state index in [9.17, 15) is 9.90 Å².